The van der Waals surface area contributed by atoms with Crippen molar-refractivity contribution in [3.8, 4) is 0 Å². The maximum atomic E-state index is 11.2. The summed E-state index contributed by atoms with van der Waals surface area (Å²) < 4.78 is 2.02. The second-order valence-corrected chi connectivity index (χ2v) is 3.93. The lowest BCUT2D eigenvalue weighted by atomic mass is 10.0. The van der Waals surface area contributed by atoms with Crippen molar-refractivity contribution in [2.75, 3.05) is 0 Å². The Labute approximate surface area is 100 Å². The number of hydrogen-bond donors (Lipinski definition) is 1. The number of aryl methyl sites for hydroxylation is 2. The molecule has 0 spiro atoms. The molecule has 0 bridgehead atoms. The van der Waals surface area contributed by atoms with Gasteiger partial charge in [-0.25, -0.2) is 4.98 Å². The van der Waals surface area contributed by atoms with Crippen molar-refractivity contribution in [2.24, 2.45) is 5.73 Å². The minimum absolute atomic E-state index is 0.358. The molecular formula is C13H15N3O. The Balaban J connectivity index is 1.97. The van der Waals surface area contributed by atoms with E-state index in [-0.39, 0.29) is 5.91 Å². The van der Waals surface area contributed by atoms with Gasteiger partial charge >= 0.3 is 0 Å². The van der Waals surface area contributed by atoms with E-state index in [1.807, 2.05) is 29.0 Å². The summed E-state index contributed by atoms with van der Waals surface area (Å²) in [6, 6.07) is 7.49. The van der Waals surface area contributed by atoms with Gasteiger partial charge in [-0.1, -0.05) is 18.2 Å². The molecule has 1 heterocycles. The van der Waals surface area contributed by atoms with Gasteiger partial charge in [0.15, 0.2) is 0 Å². The Kier molecular flexibility index (Phi) is 3.55. The summed E-state index contributed by atoms with van der Waals surface area (Å²) in [6.45, 7) is 0.896. The number of nitrogens with zero attached hydrogens (tertiary/aromatic N) is 2. The lowest BCUT2D eigenvalue weighted by Gasteiger charge is -2.06. The molecule has 2 rings (SSSR count). The van der Waals surface area contributed by atoms with Gasteiger partial charge in [-0.3, -0.25) is 4.79 Å². The normalized spacial score (nSPS) is 10.4. The van der Waals surface area contributed by atoms with Crippen LogP contribution in [0, 0.1) is 0 Å². The van der Waals surface area contributed by atoms with E-state index in [2.05, 4.69) is 4.98 Å². The van der Waals surface area contributed by atoms with Gasteiger partial charge in [-0.15, -0.1) is 0 Å². The van der Waals surface area contributed by atoms with Crippen LogP contribution in [0.4, 0.5) is 0 Å². The second-order valence-electron chi connectivity index (χ2n) is 3.93. The molecule has 0 atom stereocenters. The summed E-state index contributed by atoms with van der Waals surface area (Å²) in [5.41, 5.74) is 6.96. The zero-order valence-corrected chi connectivity index (χ0v) is 9.54. The Morgan fingerprint density at radius 2 is 2.18 bits per heavy atom. The number of nitrogens with two attached hydrogens (primary N) is 1. The van der Waals surface area contributed by atoms with Gasteiger partial charge in [0.05, 0.1) is 6.33 Å². The van der Waals surface area contributed by atoms with Crippen LogP contribution in [0.2, 0.25) is 0 Å². The number of amides is 1. The largest absolute Gasteiger partial charge is 0.366 e. The predicted octanol–water partition coefficient (Wildman–Crippen LogP) is 1.61. The number of aromatic nitrogens is 2. The lowest BCUT2D eigenvalue weighted by molar-refractivity contribution is 0.0999. The average Bonchev–Trinajstić information content (AvgIpc) is 2.82. The molecular weight excluding hydrogens is 214 g/mol. The van der Waals surface area contributed by atoms with Crippen LogP contribution in [0.5, 0.6) is 0 Å². The van der Waals surface area contributed by atoms with Crippen molar-refractivity contribution in [1.82, 2.24) is 9.55 Å². The first-order valence-electron chi connectivity index (χ1n) is 5.61. The average molecular weight is 229 g/mol. The highest BCUT2D eigenvalue weighted by Crippen LogP contribution is 2.11. The molecule has 2 aromatic rings. The molecule has 1 aromatic carbocycles. The van der Waals surface area contributed by atoms with E-state index in [1.165, 1.54) is 0 Å². The zero-order chi connectivity index (χ0) is 12.1. The fraction of sp³-hybridized carbons (Fsp3) is 0.231. The molecule has 0 unspecified atom stereocenters. The fourth-order valence-electron chi connectivity index (χ4n) is 1.85. The molecule has 0 radical (unpaired) electrons. The van der Waals surface area contributed by atoms with E-state index in [4.69, 9.17) is 5.73 Å². The smallest absolute Gasteiger partial charge is 0.248 e. The quantitative estimate of drug-likeness (QED) is 0.846. The molecule has 1 amide bonds. The van der Waals surface area contributed by atoms with Gasteiger partial charge in [-0.2, -0.15) is 0 Å². The van der Waals surface area contributed by atoms with E-state index in [1.54, 1.807) is 18.6 Å². The van der Waals surface area contributed by atoms with Crippen molar-refractivity contribution in [3.05, 3.63) is 54.1 Å². The minimum Gasteiger partial charge on any atom is -0.366 e. The first-order chi connectivity index (χ1) is 8.27. The van der Waals surface area contributed by atoms with Crippen LogP contribution in [0.25, 0.3) is 0 Å². The van der Waals surface area contributed by atoms with Crippen LogP contribution in [-0.2, 0) is 13.0 Å². The number of carbonyl (C=O) groups is 1. The molecule has 1 aromatic heterocycles. The molecule has 0 saturated heterocycles. The number of carbonyl (C=O) groups excluding carboxylic acids is 1. The third-order valence-corrected chi connectivity index (χ3v) is 2.70. The SMILES string of the molecule is NC(=O)c1ccccc1CCCn1ccnc1. The maximum absolute atomic E-state index is 11.2. The molecule has 4 heteroatoms. The predicted molar refractivity (Wildman–Crippen MR) is 65.5 cm³/mol. The molecule has 0 aliphatic rings. The van der Waals surface area contributed by atoms with Crippen molar-refractivity contribution in [1.29, 1.82) is 0 Å². The molecule has 0 aliphatic heterocycles. The van der Waals surface area contributed by atoms with Crippen LogP contribution in [-0.4, -0.2) is 15.5 Å². The standard InChI is InChI=1S/C13H15N3O/c14-13(17)12-6-2-1-4-11(12)5-3-8-16-9-7-15-10-16/h1-2,4,6-7,9-10H,3,5,8H2,(H2,14,17). The molecule has 17 heavy (non-hydrogen) atoms. The Bertz CT molecular complexity index is 491. The van der Waals surface area contributed by atoms with Crippen molar-refractivity contribution < 1.29 is 4.79 Å². The van der Waals surface area contributed by atoms with E-state index in [0.717, 1.165) is 24.9 Å². The first kappa shape index (κ1) is 11.4. The fourth-order valence-corrected chi connectivity index (χ4v) is 1.85. The number of primary amides is 1. The summed E-state index contributed by atoms with van der Waals surface area (Å²) in [5, 5.41) is 0. The van der Waals surface area contributed by atoms with Crippen molar-refractivity contribution in [2.45, 2.75) is 19.4 Å². The summed E-state index contributed by atoms with van der Waals surface area (Å²) >= 11 is 0. The monoisotopic (exact) mass is 229 g/mol. The van der Waals surface area contributed by atoms with Crippen LogP contribution in [0.3, 0.4) is 0 Å². The van der Waals surface area contributed by atoms with E-state index in [9.17, 15) is 4.79 Å². The molecule has 0 fully saturated rings. The second kappa shape index (κ2) is 5.30. The maximum Gasteiger partial charge on any atom is 0.248 e. The van der Waals surface area contributed by atoms with Crippen LogP contribution in [0.1, 0.15) is 22.3 Å². The minimum atomic E-state index is -0.358. The number of benzene rings is 1. The van der Waals surface area contributed by atoms with Gasteiger partial charge in [0.25, 0.3) is 0 Å². The van der Waals surface area contributed by atoms with Gasteiger partial charge < -0.3 is 10.3 Å². The highest BCUT2D eigenvalue weighted by Gasteiger charge is 2.06. The number of imidazole rings is 1. The van der Waals surface area contributed by atoms with Crippen LogP contribution in [0.15, 0.2) is 43.0 Å². The third-order valence-electron chi connectivity index (χ3n) is 2.70. The Morgan fingerprint density at radius 3 is 2.88 bits per heavy atom. The van der Waals surface area contributed by atoms with Crippen molar-refractivity contribution >= 4 is 5.91 Å². The molecule has 0 saturated carbocycles. The summed E-state index contributed by atoms with van der Waals surface area (Å²) in [5.74, 6) is -0.358. The van der Waals surface area contributed by atoms with Gasteiger partial charge in [0, 0.05) is 24.5 Å². The van der Waals surface area contributed by atoms with Crippen molar-refractivity contribution in [3.63, 3.8) is 0 Å². The molecule has 0 aliphatic carbocycles. The van der Waals surface area contributed by atoms with Crippen LogP contribution < -0.4 is 5.73 Å². The topological polar surface area (TPSA) is 60.9 Å². The summed E-state index contributed by atoms with van der Waals surface area (Å²) in [6.07, 6.45) is 7.29. The summed E-state index contributed by atoms with van der Waals surface area (Å²) in [7, 11) is 0. The Morgan fingerprint density at radius 1 is 1.35 bits per heavy atom. The van der Waals surface area contributed by atoms with E-state index < -0.39 is 0 Å². The lowest BCUT2D eigenvalue weighted by Crippen LogP contribution is -2.13. The van der Waals surface area contributed by atoms with Crippen LogP contribution >= 0.6 is 0 Å². The van der Waals surface area contributed by atoms with E-state index in [0.29, 0.717) is 5.56 Å². The highest BCUT2D eigenvalue weighted by molar-refractivity contribution is 5.94. The number of hydrogen-bond acceptors (Lipinski definition) is 2. The molecule has 2 N–H and O–H groups in total. The number of rotatable bonds is 5. The first-order valence-corrected chi connectivity index (χ1v) is 5.61. The molecule has 88 valence electrons. The highest BCUT2D eigenvalue weighted by atomic mass is 16.1. The van der Waals surface area contributed by atoms with Gasteiger partial charge in [0.2, 0.25) is 5.91 Å². The van der Waals surface area contributed by atoms with Gasteiger partial charge in [-0.05, 0) is 24.5 Å². The summed E-state index contributed by atoms with van der Waals surface area (Å²) in [4.78, 5) is 15.2. The molecule has 4 nitrogen and oxygen atoms in total. The van der Waals surface area contributed by atoms with E-state index >= 15 is 0 Å². The Hall–Kier alpha value is -2.10. The zero-order valence-electron chi connectivity index (χ0n) is 9.54. The third kappa shape index (κ3) is 2.93. The van der Waals surface area contributed by atoms with Gasteiger partial charge in [0.1, 0.15) is 0 Å².